The maximum absolute atomic E-state index is 12.8. The number of quaternary nitrogens is 1. The fourth-order valence-electron chi connectivity index (χ4n) is 5.61. The topological polar surface area (TPSA) is 71.6 Å². The SMILES string of the molecule is O=C(OC[N+]1(CCCCOc2ccc3ccc(=O)[nH]c3c2)CCN(c2cccc3sccc23)CC1)c1ccccc1. The molecule has 1 aliphatic heterocycles. The molecular formula is C33H34N3O4S+. The lowest BCUT2D eigenvalue weighted by Gasteiger charge is -2.44. The lowest BCUT2D eigenvalue weighted by Crippen LogP contribution is -2.61. The number of anilines is 1. The van der Waals surface area contributed by atoms with E-state index in [0.29, 0.717) is 18.9 Å². The molecule has 1 saturated heterocycles. The van der Waals surface area contributed by atoms with Crippen molar-refractivity contribution in [3.63, 3.8) is 0 Å². The summed E-state index contributed by atoms with van der Waals surface area (Å²) in [6.07, 6.45) is 1.83. The molecule has 3 heterocycles. The second-order valence-electron chi connectivity index (χ2n) is 10.7. The van der Waals surface area contributed by atoms with E-state index in [1.165, 1.54) is 21.8 Å². The Morgan fingerprint density at radius 1 is 0.927 bits per heavy atom. The van der Waals surface area contributed by atoms with E-state index in [-0.39, 0.29) is 11.5 Å². The average Bonchev–Trinajstić information content (AvgIpc) is 3.50. The Kier molecular flexibility index (Phi) is 8.02. The van der Waals surface area contributed by atoms with Crippen LogP contribution in [0.3, 0.4) is 0 Å². The van der Waals surface area contributed by atoms with Gasteiger partial charge in [0.2, 0.25) is 12.3 Å². The molecule has 0 saturated carbocycles. The van der Waals surface area contributed by atoms with Crippen molar-refractivity contribution in [2.75, 3.05) is 51.0 Å². The molecule has 1 aliphatic rings. The predicted molar refractivity (Wildman–Crippen MR) is 165 cm³/mol. The van der Waals surface area contributed by atoms with Crippen LogP contribution in [-0.2, 0) is 4.74 Å². The fourth-order valence-corrected chi connectivity index (χ4v) is 6.42. The molecule has 0 unspecified atom stereocenters. The highest BCUT2D eigenvalue weighted by Crippen LogP contribution is 2.32. The van der Waals surface area contributed by atoms with Crippen LogP contribution in [0.2, 0.25) is 0 Å². The summed E-state index contributed by atoms with van der Waals surface area (Å²) in [5.41, 5.74) is 2.52. The van der Waals surface area contributed by atoms with Crippen molar-refractivity contribution in [1.82, 2.24) is 4.98 Å². The third kappa shape index (κ3) is 6.29. The first kappa shape index (κ1) is 27.1. The van der Waals surface area contributed by atoms with Gasteiger partial charge in [-0.05, 0) is 72.1 Å². The number of aromatic amines is 1. The van der Waals surface area contributed by atoms with Gasteiger partial charge < -0.3 is 19.4 Å². The van der Waals surface area contributed by atoms with E-state index in [2.05, 4.69) is 39.5 Å². The number of unbranched alkanes of at least 4 members (excludes halogenated alkanes) is 1. The van der Waals surface area contributed by atoms with Crippen LogP contribution in [0.15, 0.2) is 95.1 Å². The molecule has 2 aromatic heterocycles. The number of piperazine rings is 1. The first-order chi connectivity index (χ1) is 20.1. The van der Waals surface area contributed by atoms with Crippen LogP contribution in [0.25, 0.3) is 21.0 Å². The third-order valence-electron chi connectivity index (χ3n) is 7.97. The summed E-state index contributed by atoms with van der Waals surface area (Å²) >= 11 is 1.77. The van der Waals surface area contributed by atoms with Crippen molar-refractivity contribution in [1.29, 1.82) is 0 Å². The van der Waals surface area contributed by atoms with Gasteiger partial charge in [-0.1, -0.05) is 24.3 Å². The number of ether oxygens (including phenoxy) is 2. The highest BCUT2D eigenvalue weighted by atomic mass is 32.1. The summed E-state index contributed by atoms with van der Waals surface area (Å²) in [4.78, 5) is 29.8. The van der Waals surface area contributed by atoms with Crippen molar-refractivity contribution in [2.45, 2.75) is 12.8 Å². The monoisotopic (exact) mass is 568 g/mol. The minimum Gasteiger partial charge on any atom is -0.494 e. The van der Waals surface area contributed by atoms with Crippen LogP contribution in [0, 0.1) is 0 Å². The number of H-pyrrole nitrogens is 1. The Balaban J connectivity index is 1.08. The number of fused-ring (bicyclic) bond motifs is 2. The Labute approximate surface area is 243 Å². The van der Waals surface area contributed by atoms with E-state index in [4.69, 9.17) is 9.47 Å². The molecule has 0 radical (unpaired) electrons. The van der Waals surface area contributed by atoms with Crippen LogP contribution in [0.4, 0.5) is 5.69 Å². The van der Waals surface area contributed by atoms with E-state index in [9.17, 15) is 9.59 Å². The zero-order chi connectivity index (χ0) is 28.1. The van der Waals surface area contributed by atoms with Crippen LogP contribution < -0.4 is 15.2 Å². The first-order valence-corrected chi connectivity index (χ1v) is 15.0. The van der Waals surface area contributed by atoms with Gasteiger partial charge in [-0.3, -0.25) is 9.28 Å². The smallest absolute Gasteiger partial charge is 0.342 e. The highest BCUT2D eigenvalue weighted by Gasteiger charge is 2.34. The molecule has 6 rings (SSSR count). The molecule has 8 heteroatoms. The standard InChI is InChI=1S/C33H33N3O4S/c37-32-14-12-25-11-13-27(23-29(25)34-32)39-21-5-4-18-36(24-40-33(38)26-7-2-1-3-8-26)19-16-35(17-20-36)30-9-6-10-31-28(30)15-22-41-31/h1-3,6-15,22-23H,4-5,16-21,24H2/p+1. The molecule has 1 N–H and O–H groups in total. The zero-order valence-corrected chi connectivity index (χ0v) is 23.8. The van der Waals surface area contributed by atoms with E-state index in [1.807, 2.05) is 42.5 Å². The molecule has 1 fully saturated rings. The van der Waals surface area contributed by atoms with Crippen molar-refractivity contribution in [2.24, 2.45) is 0 Å². The van der Waals surface area contributed by atoms with Gasteiger partial charge in [0.25, 0.3) is 0 Å². The highest BCUT2D eigenvalue weighted by molar-refractivity contribution is 7.17. The number of pyridine rings is 1. The number of carbonyl (C=O) groups is 1. The van der Waals surface area contributed by atoms with E-state index < -0.39 is 0 Å². The molecule has 210 valence electrons. The first-order valence-electron chi connectivity index (χ1n) is 14.1. The van der Waals surface area contributed by atoms with Crippen LogP contribution in [-0.4, -0.2) is 61.5 Å². The number of hydrogen-bond donors (Lipinski definition) is 1. The largest absolute Gasteiger partial charge is 0.494 e. The number of benzene rings is 3. The van der Waals surface area contributed by atoms with E-state index in [1.54, 1.807) is 23.5 Å². The molecule has 0 bridgehead atoms. The van der Waals surface area contributed by atoms with Gasteiger partial charge >= 0.3 is 5.97 Å². The molecular weight excluding hydrogens is 534 g/mol. The van der Waals surface area contributed by atoms with Gasteiger partial charge in [-0.2, -0.15) is 0 Å². The summed E-state index contributed by atoms with van der Waals surface area (Å²) in [6, 6.07) is 27.1. The lowest BCUT2D eigenvalue weighted by atomic mass is 10.1. The molecule has 41 heavy (non-hydrogen) atoms. The number of aromatic nitrogens is 1. The Hall–Kier alpha value is -4.14. The van der Waals surface area contributed by atoms with E-state index in [0.717, 1.165) is 66.7 Å². The van der Waals surface area contributed by atoms with Gasteiger partial charge in [0.05, 0.1) is 50.4 Å². The van der Waals surface area contributed by atoms with Crippen LogP contribution in [0.5, 0.6) is 5.75 Å². The Bertz CT molecular complexity index is 1690. The van der Waals surface area contributed by atoms with Crippen LogP contribution >= 0.6 is 11.3 Å². The van der Waals surface area contributed by atoms with Gasteiger partial charge in [0, 0.05) is 27.9 Å². The molecule has 3 aromatic carbocycles. The van der Waals surface area contributed by atoms with Crippen molar-refractivity contribution >= 4 is 44.0 Å². The molecule has 0 amide bonds. The molecule has 7 nitrogen and oxygen atoms in total. The Morgan fingerprint density at radius 2 is 1.76 bits per heavy atom. The number of esters is 1. The zero-order valence-electron chi connectivity index (χ0n) is 23.0. The third-order valence-corrected chi connectivity index (χ3v) is 8.86. The molecule has 5 aromatic rings. The second kappa shape index (κ2) is 12.2. The van der Waals surface area contributed by atoms with Gasteiger partial charge in [-0.25, -0.2) is 4.79 Å². The molecule has 0 atom stereocenters. The van der Waals surface area contributed by atoms with Gasteiger partial charge in [0.15, 0.2) is 0 Å². The van der Waals surface area contributed by atoms with Gasteiger partial charge in [-0.15, -0.1) is 11.3 Å². The van der Waals surface area contributed by atoms with Crippen molar-refractivity contribution < 1.29 is 18.8 Å². The maximum Gasteiger partial charge on any atom is 0.342 e. The minimum atomic E-state index is -0.272. The van der Waals surface area contributed by atoms with E-state index >= 15 is 0 Å². The Morgan fingerprint density at radius 3 is 2.61 bits per heavy atom. The molecule has 0 spiro atoms. The predicted octanol–water partition coefficient (Wildman–Crippen LogP) is 6.05. The van der Waals surface area contributed by atoms with Gasteiger partial charge in [0.1, 0.15) is 5.75 Å². The average molecular weight is 569 g/mol. The number of carbonyl (C=O) groups excluding carboxylic acids is 1. The number of rotatable bonds is 10. The van der Waals surface area contributed by atoms with Crippen molar-refractivity contribution in [3.05, 3.63) is 106 Å². The number of thiophene rings is 1. The number of nitrogens with zero attached hydrogens (tertiary/aromatic N) is 2. The fraction of sp³-hybridized carbons (Fsp3) is 0.273. The maximum atomic E-state index is 12.8. The summed E-state index contributed by atoms with van der Waals surface area (Å²) in [5.74, 6) is 0.475. The minimum absolute atomic E-state index is 0.122. The second-order valence-corrected chi connectivity index (χ2v) is 11.6. The normalized spacial score (nSPS) is 14.8. The van der Waals surface area contributed by atoms with Crippen molar-refractivity contribution in [3.8, 4) is 5.75 Å². The number of nitrogens with one attached hydrogen (secondary N) is 1. The quantitative estimate of drug-likeness (QED) is 0.126. The summed E-state index contributed by atoms with van der Waals surface area (Å²) in [5, 5.41) is 4.44. The summed E-state index contributed by atoms with van der Waals surface area (Å²) in [7, 11) is 0. The summed E-state index contributed by atoms with van der Waals surface area (Å²) in [6.45, 7) is 5.48. The summed E-state index contributed by atoms with van der Waals surface area (Å²) < 4.78 is 14.0. The number of hydrogen-bond acceptors (Lipinski definition) is 6. The molecule has 0 aliphatic carbocycles. The van der Waals surface area contributed by atoms with Crippen LogP contribution in [0.1, 0.15) is 23.2 Å². The lowest BCUT2D eigenvalue weighted by molar-refractivity contribution is -0.944.